The van der Waals surface area contributed by atoms with Gasteiger partial charge in [-0.15, -0.1) is 0 Å². The fourth-order valence-electron chi connectivity index (χ4n) is 1.48. The van der Waals surface area contributed by atoms with Crippen molar-refractivity contribution < 1.29 is 18.3 Å². The van der Waals surface area contributed by atoms with Crippen molar-refractivity contribution >= 4 is 11.6 Å². The normalized spacial score (nSPS) is 14.2. The lowest BCUT2D eigenvalue weighted by Gasteiger charge is -2.19. The van der Waals surface area contributed by atoms with E-state index < -0.39 is 11.6 Å². The Balaban J connectivity index is 2.57. The summed E-state index contributed by atoms with van der Waals surface area (Å²) in [5.74, 6) is -2.53. The molecular weight excluding hydrogens is 204 g/mol. The Morgan fingerprint density at radius 1 is 1.47 bits per heavy atom. The summed E-state index contributed by atoms with van der Waals surface area (Å²) in [7, 11) is 0. The Morgan fingerprint density at radius 2 is 2.20 bits per heavy atom. The Hall–Kier alpha value is -1.65. The average Bonchev–Trinajstić information content (AvgIpc) is 2.23. The molecule has 0 unspecified atom stereocenters. The maximum absolute atomic E-state index is 13.4. The molecule has 0 aromatic heterocycles. The summed E-state index contributed by atoms with van der Waals surface area (Å²) < 4.78 is 31.5. The van der Waals surface area contributed by atoms with Crippen LogP contribution >= 0.6 is 0 Å². The predicted molar refractivity (Wildman–Crippen MR) is 49.9 cm³/mol. The number of rotatable bonds is 1. The molecule has 1 aliphatic rings. The van der Waals surface area contributed by atoms with Gasteiger partial charge in [-0.2, -0.15) is 4.39 Å². The quantitative estimate of drug-likeness (QED) is 0.773. The lowest BCUT2D eigenvalue weighted by molar-refractivity contribution is -0.118. The van der Waals surface area contributed by atoms with Gasteiger partial charge in [-0.1, -0.05) is 6.92 Å². The fourth-order valence-corrected chi connectivity index (χ4v) is 1.48. The monoisotopic (exact) mass is 213 g/mol. The van der Waals surface area contributed by atoms with Crippen LogP contribution in [-0.2, 0) is 11.2 Å². The van der Waals surface area contributed by atoms with E-state index in [1.807, 2.05) is 0 Å². The zero-order valence-electron chi connectivity index (χ0n) is 8.06. The van der Waals surface area contributed by atoms with Crippen LogP contribution in [-0.4, -0.2) is 12.5 Å². The molecule has 1 amide bonds. The number of halogens is 2. The minimum Gasteiger partial charge on any atom is -0.478 e. The van der Waals surface area contributed by atoms with Crippen molar-refractivity contribution in [2.24, 2.45) is 0 Å². The van der Waals surface area contributed by atoms with Gasteiger partial charge in [-0.3, -0.25) is 4.79 Å². The van der Waals surface area contributed by atoms with Gasteiger partial charge in [0.05, 0.1) is 5.69 Å². The van der Waals surface area contributed by atoms with Crippen molar-refractivity contribution in [2.45, 2.75) is 13.3 Å². The largest absolute Gasteiger partial charge is 0.478 e. The van der Waals surface area contributed by atoms with E-state index in [0.717, 1.165) is 0 Å². The molecule has 0 radical (unpaired) electrons. The number of carbonyl (C=O) groups excluding carboxylic acids is 1. The highest BCUT2D eigenvalue weighted by molar-refractivity contribution is 5.95. The first-order chi connectivity index (χ1) is 7.13. The fraction of sp³-hybridized carbons (Fsp3) is 0.300. The van der Waals surface area contributed by atoms with E-state index in [4.69, 9.17) is 4.74 Å². The minimum atomic E-state index is -1.04. The molecule has 0 fully saturated rings. The molecule has 1 aromatic rings. The highest BCUT2D eigenvalue weighted by atomic mass is 19.2. The molecule has 1 N–H and O–H groups in total. The first kappa shape index (κ1) is 9.89. The van der Waals surface area contributed by atoms with E-state index in [9.17, 15) is 13.6 Å². The van der Waals surface area contributed by atoms with Gasteiger partial charge in [0.25, 0.3) is 5.91 Å². The molecule has 0 saturated heterocycles. The van der Waals surface area contributed by atoms with Crippen molar-refractivity contribution in [3.63, 3.8) is 0 Å². The number of carbonyl (C=O) groups is 1. The number of amides is 1. The number of hydrogen-bond donors (Lipinski definition) is 1. The zero-order chi connectivity index (χ0) is 11.0. The Labute approximate surface area is 85.0 Å². The zero-order valence-corrected chi connectivity index (χ0v) is 8.06. The van der Waals surface area contributed by atoms with Gasteiger partial charge in [0.1, 0.15) is 0 Å². The van der Waals surface area contributed by atoms with Crippen molar-refractivity contribution in [2.75, 3.05) is 11.9 Å². The Bertz CT molecular complexity index is 432. The van der Waals surface area contributed by atoms with Crippen LogP contribution in [0.25, 0.3) is 0 Å². The summed E-state index contributed by atoms with van der Waals surface area (Å²) in [6, 6.07) is 1.39. The highest BCUT2D eigenvalue weighted by Crippen LogP contribution is 2.34. The third-order valence-electron chi connectivity index (χ3n) is 2.24. The van der Waals surface area contributed by atoms with Gasteiger partial charge < -0.3 is 10.1 Å². The summed E-state index contributed by atoms with van der Waals surface area (Å²) in [6.45, 7) is 1.42. The van der Waals surface area contributed by atoms with E-state index in [-0.39, 0.29) is 29.5 Å². The third kappa shape index (κ3) is 1.54. The van der Waals surface area contributed by atoms with Crippen LogP contribution in [0.1, 0.15) is 12.5 Å². The van der Waals surface area contributed by atoms with Gasteiger partial charge in [-0.25, -0.2) is 4.39 Å². The summed E-state index contributed by atoms with van der Waals surface area (Å²) in [6.07, 6.45) is 0.353. The van der Waals surface area contributed by atoms with Crippen LogP contribution < -0.4 is 10.1 Å². The second-order valence-electron chi connectivity index (χ2n) is 3.23. The molecule has 3 nitrogen and oxygen atoms in total. The molecular formula is C10H9F2NO2. The smallest absolute Gasteiger partial charge is 0.262 e. The number of ether oxygens (including phenoxy) is 1. The molecule has 1 aromatic carbocycles. The van der Waals surface area contributed by atoms with Gasteiger partial charge in [0.15, 0.2) is 18.2 Å². The van der Waals surface area contributed by atoms with Gasteiger partial charge in [-0.05, 0) is 18.1 Å². The Morgan fingerprint density at radius 3 is 2.87 bits per heavy atom. The van der Waals surface area contributed by atoms with Crippen LogP contribution in [0.3, 0.4) is 0 Å². The van der Waals surface area contributed by atoms with Crippen molar-refractivity contribution in [3.8, 4) is 5.75 Å². The molecule has 0 atom stereocenters. The van der Waals surface area contributed by atoms with Crippen LogP contribution in [0, 0.1) is 11.6 Å². The van der Waals surface area contributed by atoms with E-state index in [2.05, 4.69) is 5.32 Å². The number of anilines is 1. The number of hydrogen-bond acceptors (Lipinski definition) is 2. The van der Waals surface area contributed by atoms with Gasteiger partial charge in [0, 0.05) is 0 Å². The van der Waals surface area contributed by atoms with Gasteiger partial charge >= 0.3 is 0 Å². The van der Waals surface area contributed by atoms with E-state index in [1.165, 1.54) is 6.07 Å². The number of nitrogens with one attached hydrogen (secondary N) is 1. The molecule has 1 heterocycles. The van der Waals surface area contributed by atoms with E-state index in [1.54, 1.807) is 6.92 Å². The molecule has 2 rings (SSSR count). The molecule has 1 aliphatic heterocycles. The van der Waals surface area contributed by atoms with Crippen molar-refractivity contribution in [3.05, 3.63) is 23.3 Å². The van der Waals surface area contributed by atoms with E-state index >= 15 is 0 Å². The standard InChI is InChI=1S/C10H9F2NO2/c1-2-5-3-6-10(9(12)8(5)11)15-4-7(14)13-6/h3H,2,4H2,1H3,(H,13,14). The summed E-state index contributed by atoms with van der Waals surface area (Å²) in [5.41, 5.74) is 0.416. The average molecular weight is 213 g/mol. The second kappa shape index (κ2) is 3.49. The summed E-state index contributed by atoms with van der Waals surface area (Å²) >= 11 is 0. The van der Waals surface area contributed by atoms with Gasteiger partial charge in [0.2, 0.25) is 5.82 Å². The lowest BCUT2D eigenvalue weighted by Crippen LogP contribution is -2.26. The molecule has 0 aliphatic carbocycles. The summed E-state index contributed by atoms with van der Waals surface area (Å²) in [5, 5.41) is 2.43. The van der Waals surface area contributed by atoms with Crippen LogP contribution in [0.4, 0.5) is 14.5 Å². The second-order valence-corrected chi connectivity index (χ2v) is 3.23. The number of fused-ring (bicyclic) bond motifs is 1. The highest BCUT2D eigenvalue weighted by Gasteiger charge is 2.24. The topological polar surface area (TPSA) is 38.3 Å². The first-order valence-corrected chi connectivity index (χ1v) is 4.57. The maximum atomic E-state index is 13.4. The number of aryl methyl sites for hydroxylation is 1. The molecule has 0 saturated carbocycles. The minimum absolute atomic E-state index is 0.196. The van der Waals surface area contributed by atoms with E-state index in [0.29, 0.717) is 6.42 Å². The molecule has 80 valence electrons. The molecule has 15 heavy (non-hydrogen) atoms. The lowest BCUT2D eigenvalue weighted by atomic mass is 10.1. The number of benzene rings is 1. The predicted octanol–water partition coefficient (Wildman–Crippen LogP) is 1.86. The molecule has 0 bridgehead atoms. The molecule has 0 spiro atoms. The first-order valence-electron chi connectivity index (χ1n) is 4.57. The maximum Gasteiger partial charge on any atom is 0.262 e. The molecule has 5 heteroatoms. The van der Waals surface area contributed by atoms with Crippen molar-refractivity contribution in [1.82, 2.24) is 0 Å². The Kier molecular flexibility index (Phi) is 2.30. The van der Waals surface area contributed by atoms with Crippen molar-refractivity contribution in [1.29, 1.82) is 0 Å². The summed E-state index contributed by atoms with van der Waals surface area (Å²) in [4.78, 5) is 11.0. The SMILES string of the molecule is CCc1cc2c(c(F)c1F)OCC(=O)N2. The van der Waals surface area contributed by atoms with Crippen LogP contribution in [0.15, 0.2) is 6.07 Å². The van der Waals surface area contributed by atoms with Crippen LogP contribution in [0.2, 0.25) is 0 Å². The van der Waals surface area contributed by atoms with Crippen LogP contribution in [0.5, 0.6) is 5.75 Å². The third-order valence-corrected chi connectivity index (χ3v) is 2.24.